The van der Waals surface area contributed by atoms with Crippen LogP contribution in [0.5, 0.6) is 0 Å². The number of carbonyl (C=O) groups is 1. The standard InChI is InChI=1S/C13H14Cl2N2O3S/c1-21-11-4-2-3-10(11)16-13(18)8-5-7(17(19)20)6-9(14)12(8)15/h5-6,10-11H,2-4H2,1H3,(H,16,18). The van der Waals surface area contributed by atoms with Gasteiger partial charge in [-0.25, -0.2) is 0 Å². The Morgan fingerprint density at radius 3 is 2.76 bits per heavy atom. The number of nitro benzene ring substituents is 1. The van der Waals surface area contributed by atoms with Gasteiger partial charge >= 0.3 is 0 Å². The molecule has 0 bridgehead atoms. The Morgan fingerprint density at radius 1 is 1.43 bits per heavy atom. The lowest BCUT2D eigenvalue weighted by atomic mass is 10.1. The summed E-state index contributed by atoms with van der Waals surface area (Å²) in [6.45, 7) is 0. The lowest BCUT2D eigenvalue weighted by molar-refractivity contribution is -0.384. The molecule has 1 aliphatic carbocycles. The van der Waals surface area contributed by atoms with Crippen molar-refractivity contribution in [3.63, 3.8) is 0 Å². The maximum Gasteiger partial charge on any atom is 0.271 e. The lowest BCUT2D eigenvalue weighted by Crippen LogP contribution is -2.38. The number of benzene rings is 1. The Bertz CT molecular complexity index is 583. The normalized spacial score (nSPS) is 21.3. The van der Waals surface area contributed by atoms with Crippen LogP contribution >= 0.6 is 35.0 Å². The minimum absolute atomic E-state index is 0.00357. The van der Waals surface area contributed by atoms with E-state index in [2.05, 4.69) is 5.32 Å². The number of nitro groups is 1. The van der Waals surface area contributed by atoms with Gasteiger partial charge in [0, 0.05) is 23.4 Å². The van der Waals surface area contributed by atoms with Crippen LogP contribution in [0.15, 0.2) is 12.1 Å². The number of nitrogens with zero attached hydrogens (tertiary/aromatic N) is 1. The first-order valence-electron chi connectivity index (χ1n) is 6.41. The van der Waals surface area contributed by atoms with Crippen molar-refractivity contribution in [3.05, 3.63) is 37.9 Å². The predicted octanol–water partition coefficient (Wildman–Crippen LogP) is 3.92. The van der Waals surface area contributed by atoms with Gasteiger partial charge < -0.3 is 5.32 Å². The molecule has 2 atom stereocenters. The van der Waals surface area contributed by atoms with Crippen LogP contribution in [0.25, 0.3) is 0 Å². The van der Waals surface area contributed by atoms with Crippen LogP contribution in [0, 0.1) is 10.1 Å². The molecule has 0 spiro atoms. The van der Waals surface area contributed by atoms with E-state index in [1.807, 2.05) is 6.26 Å². The van der Waals surface area contributed by atoms with Crippen LogP contribution in [0.4, 0.5) is 5.69 Å². The average molecular weight is 349 g/mol. The number of hydrogen-bond donors (Lipinski definition) is 1. The average Bonchev–Trinajstić information content (AvgIpc) is 2.88. The Hall–Kier alpha value is -0.980. The summed E-state index contributed by atoms with van der Waals surface area (Å²) in [4.78, 5) is 22.6. The van der Waals surface area contributed by atoms with Crippen molar-refractivity contribution >= 4 is 46.6 Å². The van der Waals surface area contributed by atoms with E-state index in [-0.39, 0.29) is 27.3 Å². The van der Waals surface area contributed by atoms with Crippen LogP contribution < -0.4 is 5.32 Å². The van der Waals surface area contributed by atoms with Crippen molar-refractivity contribution in [2.24, 2.45) is 0 Å². The molecule has 1 amide bonds. The number of amides is 1. The number of hydrogen-bond acceptors (Lipinski definition) is 4. The fourth-order valence-corrected chi connectivity index (χ4v) is 3.81. The van der Waals surface area contributed by atoms with Crippen molar-refractivity contribution in [3.8, 4) is 0 Å². The number of thioether (sulfide) groups is 1. The van der Waals surface area contributed by atoms with E-state index < -0.39 is 10.8 Å². The number of carbonyl (C=O) groups excluding carboxylic acids is 1. The highest BCUT2D eigenvalue weighted by Crippen LogP contribution is 2.32. The molecule has 0 radical (unpaired) electrons. The van der Waals surface area contributed by atoms with E-state index in [0.29, 0.717) is 5.25 Å². The summed E-state index contributed by atoms with van der Waals surface area (Å²) >= 11 is 13.6. The molecule has 2 rings (SSSR count). The van der Waals surface area contributed by atoms with Gasteiger partial charge in [-0.15, -0.1) is 0 Å². The summed E-state index contributed by atoms with van der Waals surface area (Å²) in [7, 11) is 0. The van der Waals surface area contributed by atoms with Gasteiger partial charge in [0.2, 0.25) is 0 Å². The first kappa shape index (κ1) is 16.4. The second kappa shape index (κ2) is 6.85. The van der Waals surface area contributed by atoms with Crippen molar-refractivity contribution in [2.45, 2.75) is 30.6 Å². The second-order valence-corrected chi connectivity index (χ2v) is 6.69. The molecular formula is C13H14Cl2N2O3S. The van der Waals surface area contributed by atoms with Gasteiger partial charge in [-0.2, -0.15) is 11.8 Å². The number of nitrogens with one attached hydrogen (secondary N) is 1. The lowest BCUT2D eigenvalue weighted by Gasteiger charge is -2.19. The summed E-state index contributed by atoms with van der Waals surface area (Å²) in [5.74, 6) is -0.420. The smallest absolute Gasteiger partial charge is 0.271 e. The van der Waals surface area contributed by atoms with E-state index in [4.69, 9.17) is 23.2 Å². The third-order valence-electron chi connectivity index (χ3n) is 3.54. The molecule has 21 heavy (non-hydrogen) atoms. The van der Waals surface area contributed by atoms with Crippen LogP contribution in [0.2, 0.25) is 10.0 Å². The third kappa shape index (κ3) is 3.62. The van der Waals surface area contributed by atoms with E-state index in [9.17, 15) is 14.9 Å². The maximum atomic E-state index is 12.3. The topological polar surface area (TPSA) is 72.2 Å². The number of rotatable bonds is 4. The van der Waals surface area contributed by atoms with Crippen LogP contribution in [-0.2, 0) is 0 Å². The molecule has 8 heteroatoms. The minimum atomic E-state index is -0.598. The predicted molar refractivity (Wildman–Crippen MR) is 85.5 cm³/mol. The molecule has 0 heterocycles. The first-order chi connectivity index (χ1) is 9.93. The monoisotopic (exact) mass is 348 g/mol. The van der Waals surface area contributed by atoms with Crippen molar-refractivity contribution in [2.75, 3.05) is 6.26 Å². The highest BCUT2D eigenvalue weighted by Gasteiger charge is 2.29. The summed E-state index contributed by atoms with van der Waals surface area (Å²) in [6.07, 6.45) is 5.01. The molecule has 1 aromatic carbocycles. The Morgan fingerprint density at radius 2 is 2.14 bits per heavy atom. The van der Waals surface area contributed by atoms with Crippen LogP contribution in [0.3, 0.4) is 0 Å². The maximum absolute atomic E-state index is 12.3. The summed E-state index contributed by atoms with van der Waals surface area (Å²) in [6, 6.07) is 2.36. The fraction of sp³-hybridized carbons (Fsp3) is 0.462. The van der Waals surface area contributed by atoms with Gasteiger partial charge in [0.05, 0.1) is 20.5 Å². The van der Waals surface area contributed by atoms with Gasteiger partial charge in [0.15, 0.2) is 0 Å². The van der Waals surface area contributed by atoms with Crippen molar-refractivity contribution in [1.82, 2.24) is 5.32 Å². The zero-order chi connectivity index (χ0) is 15.6. The largest absolute Gasteiger partial charge is 0.348 e. The van der Waals surface area contributed by atoms with E-state index in [0.717, 1.165) is 31.4 Å². The van der Waals surface area contributed by atoms with Gasteiger partial charge in [-0.3, -0.25) is 14.9 Å². The number of non-ortho nitro benzene ring substituents is 1. The molecule has 0 aliphatic heterocycles. The Labute approximate surface area is 136 Å². The summed E-state index contributed by atoms with van der Waals surface area (Å²) < 4.78 is 0. The second-order valence-electron chi connectivity index (χ2n) is 4.83. The Balaban J connectivity index is 2.24. The van der Waals surface area contributed by atoms with E-state index in [1.165, 1.54) is 0 Å². The molecule has 1 aliphatic rings. The minimum Gasteiger partial charge on any atom is -0.348 e. The molecular weight excluding hydrogens is 335 g/mol. The molecule has 1 N–H and O–H groups in total. The van der Waals surface area contributed by atoms with Gasteiger partial charge in [0.1, 0.15) is 0 Å². The quantitative estimate of drug-likeness (QED) is 0.661. The van der Waals surface area contributed by atoms with Crippen LogP contribution in [-0.4, -0.2) is 28.4 Å². The highest BCUT2D eigenvalue weighted by atomic mass is 35.5. The Kier molecular flexibility index (Phi) is 5.35. The van der Waals surface area contributed by atoms with E-state index >= 15 is 0 Å². The number of halogens is 2. The van der Waals surface area contributed by atoms with Crippen molar-refractivity contribution < 1.29 is 9.72 Å². The van der Waals surface area contributed by atoms with Gasteiger partial charge in [-0.1, -0.05) is 29.6 Å². The molecule has 1 aromatic rings. The summed E-state index contributed by atoms with van der Waals surface area (Å²) in [5.41, 5.74) is -0.204. The zero-order valence-electron chi connectivity index (χ0n) is 11.3. The zero-order valence-corrected chi connectivity index (χ0v) is 13.6. The van der Waals surface area contributed by atoms with E-state index in [1.54, 1.807) is 11.8 Å². The molecule has 1 saturated carbocycles. The van der Waals surface area contributed by atoms with Gasteiger partial charge in [0.25, 0.3) is 11.6 Å². The highest BCUT2D eigenvalue weighted by molar-refractivity contribution is 7.99. The van der Waals surface area contributed by atoms with Crippen molar-refractivity contribution in [1.29, 1.82) is 0 Å². The molecule has 0 aromatic heterocycles. The van der Waals surface area contributed by atoms with Crippen LogP contribution in [0.1, 0.15) is 29.6 Å². The van der Waals surface area contributed by atoms with Gasteiger partial charge in [-0.05, 0) is 19.1 Å². The molecule has 1 fully saturated rings. The fourth-order valence-electron chi connectivity index (χ4n) is 2.46. The molecule has 5 nitrogen and oxygen atoms in total. The molecule has 0 saturated heterocycles. The third-order valence-corrected chi connectivity index (χ3v) is 5.51. The first-order valence-corrected chi connectivity index (χ1v) is 8.45. The molecule has 2 unspecified atom stereocenters. The summed E-state index contributed by atoms with van der Waals surface area (Å²) in [5, 5.41) is 14.2. The molecule has 114 valence electrons. The SMILES string of the molecule is CSC1CCCC1NC(=O)c1cc([N+](=O)[O-])cc(Cl)c1Cl.